The molecule has 0 radical (unpaired) electrons. The first kappa shape index (κ1) is 9.46. The molecular formula is C11H15FN2. The molecule has 14 heavy (non-hydrogen) atoms. The molecule has 0 bridgehead atoms. The molecule has 1 heterocycles. The molecule has 0 atom stereocenters. The van der Waals surface area contributed by atoms with E-state index in [0.717, 1.165) is 25.2 Å². The van der Waals surface area contributed by atoms with Gasteiger partial charge in [0.05, 0.1) is 0 Å². The van der Waals surface area contributed by atoms with Gasteiger partial charge in [-0.2, -0.15) is 0 Å². The van der Waals surface area contributed by atoms with Gasteiger partial charge in [0.25, 0.3) is 0 Å². The number of alkyl halides is 1. The van der Waals surface area contributed by atoms with E-state index in [0.29, 0.717) is 6.54 Å². The van der Waals surface area contributed by atoms with E-state index >= 15 is 0 Å². The molecule has 0 aliphatic carbocycles. The van der Waals surface area contributed by atoms with Crippen LogP contribution < -0.4 is 5.73 Å². The van der Waals surface area contributed by atoms with Crippen molar-refractivity contribution in [1.29, 1.82) is 0 Å². The minimum Gasteiger partial charge on any atom is -0.398 e. The molecule has 0 saturated heterocycles. The van der Waals surface area contributed by atoms with Crippen molar-refractivity contribution in [1.82, 2.24) is 4.90 Å². The molecule has 0 fully saturated rings. The summed E-state index contributed by atoms with van der Waals surface area (Å²) in [6, 6.07) is 6.01. The van der Waals surface area contributed by atoms with Crippen LogP contribution in [0.25, 0.3) is 0 Å². The molecule has 0 amide bonds. The van der Waals surface area contributed by atoms with Crippen molar-refractivity contribution in [3.8, 4) is 0 Å². The Morgan fingerprint density at radius 1 is 1.43 bits per heavy atom. The number of fused-ring (bicyclic) bond motifs is 1. The summed E-state index contributed by atoms with van der Waals surface area (Å²) >= 11 is 0. The third-order valence-electron chi connectivity index (χ3n) is 2.79. The highest BCUT2D eigenvalue weighted by Crippen LogP contribution is 2.23. The molecule has 1 aliphatic rings. The Balaban J connectivity index is 2.20. The van der Waals surface area contributed by atoms with E-state index in [1.807, 2.05) is 12.1 Å². The SMILES string of the molecule is Nc1cccc2c1CN(CCF)CC2. The molecule has 1 aliphatic heterocycles. The van der Waals surface area contributed by atoms with Gasteiger partial charge in [0, 0.05) is 25.3 Å². The van der Waals surface area contributed by atoms with E-state index in [9.17, 15) is 4.39 Å². The number of hydrogen-bond acceptors (Lipinski definition) is 2. The molecule has 1 aromatic carbocycles. The van der Waals surface area contributed by atoms with Crippen LogP contribution in [-0.2, 0) is 13.0 Å². The van der Waals surface area contributed by atoms with Crippen LogP contribution in [0.4, 0.5) is 10.1 Å². The molecule has 2 N–H and O–H groups in total. The first-order valence-corrected chi connectivity index (χ1v) is 4.96. The number of hydrogen-bond donors (Lipinski definition) is 1. The lowest BCUT2D eigenvalue weighted by Gasteiger charge is -2.28. The fraction of sp³-hybridized carbons (Fsp3) is 0.455. The summed E-state index contributed by atoms with van der Waals surface area (Å²) < 4.78 is 12.2. The number of rotatable bonds is 2. The molecule has 0 aromatic heterocycles. The highest BCUT2D eigenvalue weighted by atomic mass is 19.1. The summed E-state index contributed by atoms with van der Waals surface area (Å²) in [5.41, 5.74) is 9.23. The molecule has 2 nitrogen and oxygen atoms in total. The zero-order valence-corrected chi connectivity index (χ0v) is 8.17. The van der Waals surface area contributed by atoms with Crippen LogP contribution in [0.2, 0.25) is 0 Å². The van der Waals surface area contributed by atoms with Crippen molar-refractivity contribution >= 4 is 5.69 Å². The van der Waals surface area contributed by atoms with Crippen LogP contribution in [0.3, 0.4) is 0 Å². The van der Waals surface area contributed by atoms with Crippen LogP contribution >= 0.6 is 0 Å². The van der Waals surface area contributed by atoms with Gasteiger partial charge in [0.1, 0.15) is 6.67 Å². The standard InChI is InChI=1S/C11H15FN2/c12-5-7-14-6-4-9-2-1-3-11(13)10(9)8-14/h1-3H,4-8,13H2. The number of nitrogen functional groups attached to an aromatic ring is 1. The Morgan fingerprint density at radius 2 is 2.29 bits per heavy atom. The van der Waals surface area contributed by atoms with Crippen molar-refractivity contribution in [3.05, 3.63) is 29.3 Å². The van der Waals surface area contributed by atoms with Gasteiger partial charge in [-0.15, -0.1) is 0 Å². The normalized spacial score (nSPS) is 16.6. The van der Waals surface area contributed by atoms with Crippen molar-refractivity contribution < 1.29 is 4.39 Å². The van der Waals surface area contributed by atoms with Crippen LogP contribution in [0.5, 0.6) is 0 Å². The minimum absolute atomic E-state index is 0.276. The van der Waals surface area contributed by atoms with Gasteiger partial charge in [0.15, 0.2) is 0 Å². The molecule has 1 aromatic rings. The first-order chi connectivity index (χ1) is 6.81. The first-order valence-electron chi connectivity index (χ1n) is 4.96. The Hall–Kier alpha value is -1.09. The Morgan fingerprint density at radius 3 is 3.07 bits per heavy atom. The van der Waals surface area contributed by atoms with Gasteiger partial charge in [-0.1, -0.05) is 12.1 Å². The highest BCUT2D eigenvalue weighted by Gasteiger charge is 2.17. The fourth-order valence-electron chi connectivity index (χ4n) is 1.97. The lowest BCUT2D eigenvalue weighted by molar-refractivity contribution is 0.231. The molecular weight excluding hydrogens is 179 g/mol. The molecule has 2 rings (SSSR count). The second kappa shape index (κ2) is 3.96. The van der Waals surface area contributed by atoms with Crippen molar-refractivity contribution in [3.63, 3.8) is 0 Å². The van der Waals surface area contributed by atoms with Crippen molar-refractivity contribution in [2.24, 2.45) is 0 Å². The third kappa shape index (κ3) is 1.73. The summed E-state index contributed by atoms with van der Waals surface area (Å²) in [4.78, 5) is 2.11. The summed E-state index contributed by atoms with van der Waals surface area (Å²) in [7, 11) is 0. The lowest BCUT2D eigenvalue weighted by Crippen LogP contribution is -2.32. The molecule has 3 heteroatoms. The lowest BCUT2D eigenvalue weighted by atomic mass is 9.98. The largest absolute Gasteiger partial charge is 0.398 e. The van der Waals surface area contributed by atoms with Crippen molar-refractivity contribution in [2.45, 2.75) is 13.0 Å². The Labute approximate surface area is 83.5 Å². The second-order valence-electron chi connectivity index (χ2n) is 3.70. The van der Waals surface area contributed by atoms with Crippen LogP contribution in [0, 0.1) is 0 Å². The van der Waals surface area contributed by atoms with Crippen LogP contribution in [-0.4, -0.2) is 24.7 Å². The maximum absolute atomic E-state index is 12.2. The smallest absolute Gasteiger partial charge is 0.102 e. The zero-order valence-electron chi connectivity index (χ0n) is 8.17. The number of nitrogens with zero attached hydrogens (tertiary/aromatic N) is 1. The summed E-state index contributed by atoms with van der Waals surface area (Å²) in [5, 5.41) is 0. The van der Waals surface area contributed by atoms with Gasteiger partial charge >= 0.3 is 0 Å². The van der Waals surface area contributed by atoms with E-state index in [-0.39, 0.29) is 6.67 Å². The third-order valence-corrected chi connectivity index (χ3v) is 2.79. The number of nitrogens with two attached hydrogens (primary N) is 1. The minimum atomic E-state index is -0.276. The summed E-state index contributed by atoms with van der Waals surface area (Å²) in [6.07, 6.45) is 0.986. The van der Waals surface area contributed by atoms with Gasteiger partial charge in [-0.25, -0.2) is 4.39 Å². The van der Waals surface area contributed by atoms with E-state index < -0.39 is 0 Å². The van der Waals surface area contributed by atoms with E-state index in [1.54, 1.807) is 0 Å². The molecule has 76 valence electrons. The van der Waals surface area contributed by atoms with Crippen LogP contribution in [0.15, 0.2) is 18.2 Å². The highest BCUT2D eigenvalue weighted by molar-refractivity contribution is 5.51. The van der Waals surface area contributed by atoms with E-state index in [1.165, 1.54) is 11.1 Å². The summed E-state index contributed by atoms with van der Waals surface area (Å²) in [6.45, 7) is 1.99. The average molecular weight is 194 g/mol. The van der Waals surface area contributed by atoms with Gasteiger partial charge in [0.2, 0.25) is 0 Å². The predicted molar refractivity (Wildman–Crippen MR) is 55.8 cm³/mol. The molecule has 0 saturated carbocycles. The number of benzene rings is 1. The van der Waals surface area contributed by atoms with Crippen molar-refractivity contribution in [2.75, 3.05) is 25.5 Å². The second-order valence-corrected chi connectivity index (χ2v) is 3.70. The fourth-order valence-corrected chi connectivity index (χ4v) is 1.97. The predicted octanol–water partition coefficient (Wildman–Crippen LogP) is 1.60. The quantitative estimate of drug-likeness (QED) is 0.724. The maximum Gasteiger partial charge on any atom is 0.102 e. The zero-order chi connectivity index (χ0) is 9.97. The molecule has 0 spiro atoms. The summed E-state index contributed by atoms with van der Waals surface area (Å²) in [5.74, 6) is 0. The number of anilines is 1. The number of halogens is 1. The maximum atomic E-state index is 12.2. The Bertz CT molecular complexity index is 325. The monoisotopic (exact) mass is 194 g/mol. The van der Waals surface area contributed by atoms with Gasteiger partial charge in [-0.3, -0.25) is 4.90 Å². The van der Waals surface area contributed by atoms with E-state index in [4.69, 9.17) is 5.73 Å². The van der Waals surface area contributed by atoms with Crippen LogP contribution in [0.1, 0.15) is 11.1 Å². The topological polar surface area (TPSA) is 29.3 Å². The average Bonchev–Trinajstić information content (AvgIpc) is 2.20. The van der Waals surface area contributed by atoms with Gasteiger partial charge < -0.3 is 5.73 Å². The van der Waals surface area contributed by atoms with Gasteiger partial charge in [-0.05, 0) is 23.6 Å². The van der Waals surface area contributed by atoms with E-state index in [2.05, 4.69) is 11.0 Å². The Kier molecular flexibility index (Phi) is 2.68. The molecule has 0 unspecified atom stereocenters.